The topological polar surface area (TPSA) is 43.4 Å². The number of esters is 1. The second-order valence-corrected chi connectivity index (χ2v) is 4.28. The smallest absolute Gasteiger partial charge is 0.338 e. The zero-order valence-corrected chi connectivity index (χ0v) is 11.4. The van der Waals surface area contributed by atoms with Gasteiger partial charge in [-0.2, -0.15) is 0 Å². The first-order valence-electron chi connectivity index (χ1n) is 6.27. The van der Waals surface area contributed by atoms with Crippen LogP contribution in [0.1, 0.15) is 26.3 Å². The number of ether oxygens (including phenoxy) is 1. The molecule has 3 nitrogen and oxygen atoms in total. The van der Waals surface area contributed by atoms with E-state index in [0.717, 1.165) is 0 Å². The summed E-state index contributed by atoms with van der Waals surface area (Å²) in [5.74, 6) is -1.13. The standard InChI is InChI=1S/C17H13FO3/c1-21-17(20)15-5-3-2-4-12(15)8-11-16(19)13-6-9-14(18)10-7-13/h2-11H,1H3/b11-8+. The van der Waals surface area contributed by atoms with Crippen LogP contribution in [0.3, 0.4) is 0 Å². The number of ketones is 1. The van der Waals surface area contributed by atoms with Gasteiger partial charge in [0.15, 0.2) is 5.78 Å². The summed E-state index contributed by atoms with van der Waals surface area (Å²) in [7, 11) is 1.30. The Labute approximate surface area is 121 Å². The molecule has 0 atom stereocenters. The van der Waals surface area contributed by atoms with Gasteiger partial charge in [-0.3, -0.25) is 4.79 Å². The molecule has 106 valence electrons. The average Bonchev–Trinajstić information content (AvgIpc) is 2.52. The molecule has 0 saturated heterocycles. The second-order valence-electron chi connectivity index (χ2n) is 4.28. The maximum absolute atomic E-state index is 12.8. The Morgan fingerprint density at radius 2 is 1.71 bits per heavy atom. The largest absolute Gasteiger partial charge is 0.465 e. The van der Waals surface area contributed by atoms with Crippen molar-refractivity contribution in [3.05, 3.63) is 77.1 Å². The van der Waals surface area contributed by atoms with Crippen LogP contribution in [0.4, 0.5) is 4.39 Å². The minimum atomic E-state index is -0.468. The normalized spacial score (nSPS) is 10.6. The summed E-state index contributed by atoms with van der Waals surface area (Å²) >= 11 is 0. The number of methoxy groups -OCH3 is 1. The monoisotopic (exact) mass is 284 g/mol. The first-order valence-corrected chi connectivity index (χ1v) is 6.27. The van der Waals surface area contributed by atoms with Gasteiger partial charge in [0.25, 0.3) is 0 Å². The Kier molecular flexibility index (Phi) is 4.61. The number of carbonyl (C=O) groups excluding carboxylic acids is 2. The molecule has 0 saturated carbocycles. The van der Waals surface area contributed by atoms with Crippen molar-refractivity contribution in [2.75, 3.05) is 7.11 Å². The number of halogens is 1. The first-order chi connectivity index (χ1) is 10.1. The molecule has 4 heteroatoms. The fourth-order valence-electron chi connectivity index (χ4n) is 1.81. The zero-order chi connectivity index (χ0) is 15.2. The first kappa shape index (κ1) is 14.7. The fourth-order valence-corrected chi connectivity index (χ4v) is 1.81. The Morgan fingerprint density at radius 1 is 1.05 bits per heavy atom. The molecule has 2 rings (SSSR count). The van der Waals surface area contributed by atoms with E-state index in [1.165, 1.54) is 43.5 Å². The molecule has 0 unspecified atom stereocenters. The van der Waals surface area contributed by atoms with Crippen LogP contribution in [-0.2, 0) is 4.74 Å². The lowest BCUT2D eigenvalue weighted by molar-refractivity contribution is 0.0600. The molecule has 2 aromatic carbocycles. The number of carbonyl (C=O) groups is 2. The molecular formula is C17H13FO3. The van der Waals surface area contributed by atoms with Gasteiger partial charge in [0.05, 0.1) is 12.7 Å². The predicted molar refractivity (Wildman–Crippen MR) is 77.5 cm³/mol. The number of hydrogen-bond acceptors (Lipinski definition) is 3. The summed E-state index contributed by atoms with van der Waals surface area (Å²) in [5.41, 5.74) is 1.34. The van der Waals surface area contributed by atoms with Crippen molar-refractivity contribution >= 4 is 17.8 Å². The van der Waals surface area contributed by atoms with Crippen LogP contribution in [0, 0.1) is 5.82 Å². The molecule has 0 spiro atoms. The minimum Gasteiger partial charge on any atom is -0.465 e. The van der Waals surface area contributed by atoms with Crippen molar-refractivity contribution < 1.29 is 18.7 Å². The Bertz CT molecular complexity index is 687. The van der Waals surface area contributed by atoms with Gasteiger partial charge >= 0.3 is 5.97 Å². The van der Waals surface area contributed by atoms with Gasteiger partial charge in [0.1, 0.15) is 5.82 Å². The van der Waals surface area contributed by atoms with Gasteiger partial charge in [-0.1, -0.05) is 24.3 Å². The van der Waals surface area contributed by atoms with Gasteiger partial charge in [0.2, 0.25) is 0 Å². The molecule has 0 amide bonds. The molecule has 0 bridgehead atoms. The molecule has 0 fully saturated rings. The van der Waals surface area contributed by atoms with Crippen LogP contribution >= 0.6 is 0 Å². The van der Waals surface area contributed by atoms with E-state index in [4.69, 9.17) is 0 Å². The van der Waals surface area contributed by atoms with Crippen LogP contribution < -0.4 is 0 Å². The summed E-state index contributed by atoms with van der Waals surface area (Å²) in [5, 5.41) is 0. The predicted octanol–water partition coefficient (Wildman–Crippen LogP) is 3.51. The van der Waals surface area contributed by atoms with E-state index < -0.39 is 11.8 Å². The van der Waals surface area contributed by atoms with Crippen molar-refractivity contribution in [2.45, 2.75) is 0 Å². The van der Waals surface area contributed by atoms with E-state index in [9.17, 15) is 14.0 Å². The van der Waals surface area contributed by atoms with Crippen molar-refractivity contribution in [1.29, 1.82) is 0 Å². The quantitative estimate of drug-likeness (QED) is 0.490. The average molecular weight is 284 g/mol. The van der Waals surface area contributed by atoms with Crippen LogP contribution in [0.2, 0.25) is 0 Å². The van der Waals surface area contributed by atoms with E-state index in [1.54, 1.807) is 24.3 Å². The molecule has 2 aromatic rings. The second kappa shape index (κ2) is 6.61. The maximum Gasteiger partial charge on any atom is 0.338 e. The van der Waals surface area contributed by atoms with Gasteiger partial charge in [-0.25, -0.2) is 9.18 Å². The van der Waals surface area contributed by atoms with Crippen LogP contribution in [0.25, 0.3) is 6.08 Å². The molecule has 0 aromatic heterocycles. The summed E-state index contributed by atoms with van der Waals surface area (Å²) in [6.45, 7) is 0. The van der Waals surface area contributed by atoms with E-state index in [-0.39, 0.29) is 5.78 Å². The molecule has 0 aliphatic carbocycles. The van der Waals surface area contributed by atoms with E-state index >= 15 is 0 Å². The van der Waals surface area contributed by atoms with Gasteiger partial charge in [0, 0.05) is 5.56 Å². The van der Waals surface area contributed by atoms with Crippen molar-refractivity contribution in [2.24, 2.45) is 0 Å². The third-order valence-electron chi connectivity index (χ3n) is 2.91. The minimum absolute atomic E-state index is 0.269. The number of benzene rings is 2. The summed E-state index contributed by atoms with van der Waals surface area (Å²) in [6, 6.07) is 12.1. The van der Waals surface area contributed by atoms with Crippen molar-refractivity contribution in [1.82, 2.24) is 0 Å². The summed E-state index contributed by atoms with van der Waals surface area (Å²) in [6.07, 6.45) is 2.88. The Morgan fingerprint density at radius 3 is 2.38 bits per heavy atom. The lowest BCUT2D eigenvalue weighted by atomic mass is 10.1. The molecule has 0 aliphatic rings. The molecule has 0 N–H and O–H groups in total. The zero-order valence-electron chi connectivity index (χ0n) is 11.4. The van der Waals surface area contributed by atoms with E-state index in [2.05, 4.69) is 4.74 Å². The highest BCUT2D eigenvalue weighted by molar-refractivity contribution is 6.07. The third kappa shape index (κ3) is 3.63. The number of rotatable bonds is 4. The van der Waals surface area contributed by atoms with E-state index in [0.29, 0.717) is 16.7 Å². The summed E-state index contributed by atoms with van der Waals surface area (Å²) in [4.78, 5) is 23.6. The van der Waals surface area contributed by atoms with Crippen LogP contribution in [-0.4, -0.2) is 18.9 Å². The third-order valence-corrected chi connectivity index (χ3v) is 2.91. The maximum atomic E-state index is 12.8. The lowest BCUT2D eigenvalue weighted by Crippen LogP contribution is -2.03. The Balaban J connectivity index is 2.23. The SMILES string of the molecule is COC(=O)c1ccccc1/C=C/C(=O)c1ccc(F)cc1. The number of hydrogen-bond donors (Lipinski definition) is 0. The highest BCUT2D eigenvalue weighted by Gasteiger charge is 2.09. The molecular weight excluding hydrogens is 271 g/mol. The highest BCUT2D eigenvalue weighted by atomic mass is 19.1. The molecule has 0 heterocycles. The van der Waals surface area contributed by atoms with Crippen molar-refractivity contribution in [3.63, 3.8) is 0 Å². The van der Waals surface area contributed by atoms with Gasteiger partial charge in [-0.05, 0) is 42.0 Å². The highest BCUT2D eigenvalue weighted by Crippen LogP contribution is 2.13. The van der Waals surface area contributed by atoms with Crippen LogP contribution in [0.5, 0.6) is 0 Å². The molecule has 0 radical (unpaired) electrons. The fraction of sp³-hybridized carbons (Fsp3) is 0.0588. The summed E-state index contributed by atoms with van der Waals surface area (Å²) < 4.78 is 17.5. The Hall–Kier alpha value is -2.75. The molecule has 21 heavy (non-hydrogen) atoms. The molecule has 0 aliphatic heterocycles. The number of allylic oxidation sites excluding steroid dienone is 1. The van der Waals surface area contributed by atoms with Gasteiger partial charge < -0.3 is 4.74 Å². The van der Waals surface area contributed by atoms with Crippen LogP contribution in [0.15, 0.2) is 54.6 Å². The lowest BCUT2D eigenvalue weighted by Gasteiger charge is -2.03. The van der Waals surface area contributed by atoms with Crippen molar-refractivity contribution in [3.8, 4) is 0 Å². The van der Waals surface area contributed by atoms with Gasteiger partial charge in [-0.15, -0.1) is 0 Å². The van der Waals surface area contributed by atoms with E-state index in [1.807, 2.05) is 0 Å².